The van der Waals surface area contributed by atoms with E-state index in [0.717, 1.165) is 0 Å². The Morgan fingerprint density at radius 2 is 1.29 bits per heavy atom. The van der Waals surface area contributed by atoms with E-state index >= 15 is 0 Å². The van der Waals surface area contributed by atoms with E-state index < -0.39 is 0 Å². The summed E-state index contributed by atoms with van der Waals surface area (Å²) in [6.45, 7) is 9.22. The summed E-state index contributed by atoms with van der Waals surface area (Å²) in [4.78, 5) is 0. The second-order valence-corrected chi connectivity index (χ2v) is 8.84. The van der Waals surface area contributed by atoms with Gasteiger partial charge < -0.3 is 0 Å². The normalized spacial score (nSPS) is 11.9. The number of halogens is 1. The first-order chi connectivity index (χ1) is 11.6. The van der Waals surface area contributed by atoms with E-state index in [9.17, 15) is 0 Å². The number of hydrogen-bond acceptors (Lipinski definition) is 0. The van der Waals surface area contributed by atoms with Gasteiger partial charge >= 0.3 is 0 Å². The predicted molar refractivity (Wildman–Crippen MR) is 113 cm³/mol. The molecule has 0 nitrogen and oxygen atoms in total. The van der Waals surface area contributed by atoms with Crippen LogP contribution < -0.4 is 0 Å². The standard InChI is InChI=1S/C23H39Br/c1-5-9-14-20-15-13-17-22(21(20)16-10-6-2)23(24,18-11-7-3)19-12-8-4/h13,15,17H,5-12,14,16,18-19H2,1-4H3. The summed E-state index contributed by atoms with van der Waals surface area (Å²) in [7, 11) is 0. The van der Waals surface area contributed by atoms with Crippen molar-refractivity contribution in [3.63, 3.8) is 0 Å². The molecule has 0 unspecified atom stereocenters. The van der Waals surface area contributed by atoms with Crippen LogP contribution in [0.15, 0.2) is 18.2 Å². The van der Waals surface area contributed by atoms with Crippen LogP contribution in [0.4, 0.5) is 0 Å². The first-order valence-electron chi connectivity index (χ1n) is 10.4. The molecule has 1 aromatic rings. The third-order valence-electron chi connectivity index (χ3n) is 5.19. The van der Waals surface area contributed by atoms with Crippen LogP contribution in [0.3, 0.4) is 0 Å². The molecule has 0 atom stereocenters. The maximum atomic E-state index is 4.24. The molecule has 0 fully saturated rings. The lowest BCUT2D eigenvalue weighted by atomic mass is 9.82. The fraction of sp³-hybridized carbons (Fsp3) is 0.739. The highest BCUT2D eigenvalue weighted by Crippen LogP contribution is 2.44. The van der Waals surface area contributed by atoms with E-state index in [0.29, 0.717) is 0 Å². The molecule has 0 radical (unpaired) electrons. The molecule has 0 amide bonds. The molecule has 138 valence electrons. The lowest BCUT2D eigenvalue weighted by Crippen LogP contribution is -2.21. The quantitative estimate of drug-likeness (QED) is 0.294. The van der Waals surface area contributed by atoms with Gasteiger partial charge in [-0.2, -0.15) is 0 Å². The first-order valence-corrected chi connectivity index (χ1v) is 11.2. The number of rotatable bonds is 13. The Hall–Kier alpha value is -0.300. The molecule has 0 bridgehead atoms. The van der Waals surface area contributed by atoms with Crippen molar-refractivity contribution in [2.45, 2.75) is 109 Å². The van der Waals surface area contributed by atoms with Gasteiger partial charge in [-0.05, 0) is 55.2 Å². The maximum Gasteiger partial charge on any atom is 0.0508 e. The van der Waals surface area contributed by atoms with Crippen LogP contribution in [-0.2, 0) is 17.2 Å². The highest BCUT2D eigenvalue weighted by molar-refractivity contribution is 9.09. The summed E-state index contributed by atoms with van der Waals surface area (Å²) in [5.41, 5.74) is 4.88. The molecular weight excluding hydrogens is 356 g/mol. The molecule has 0 N–H and O–H groups in total. The van der Waals surface area contributed by atoms with Crippen LogP contribution in [0, 0.1) is 0 Å². The number of hydrogen-bond donors (Lipinski definition) is 0. The summed E-state index contributed by atoms with van der Waals surface area (Å²) in [5.74, 6) is 0. The van der Waals surface area contributed by atoms with Gasteiger partial charge in [0.25, 0.3) is 0 Å². The maximum absolute atomic E-state index is 4.24. The van der Waals surface area contributed by atoms with Crippen LogP contribution in [0.25, 0.3) is 0 Å². The van der Waals surface area contributed by atoms with Gasteiger partial charge in [-0.25, -0.2) is 0 Å². The molecule has 0 aliphatic rings. The van der Waals surface area contributed by atoms with Crippen LogP contribution >= 0.6 is 15.9 Å². The Morgan fingerprint density at radius 3 is 1.83 bits per heavy atom. The minimum Gasteiger partial charge on any atom is -0.0801 e. The van der Waals surface area contributed by atoms with Crippen molar-refractivity contribution in [3.8, 4) is 0 Å². The number of aryl methyl sites for hydroxylation is 1. The Balaban J connectivity index is 3.22. The zero-order chi connectivity index (χ0) is 17.8. The molecule has 1 rings (SSSR count). The third-order valence-corrected chi connectivity index (χ3v) is 6.41. The summed E-state index contributed by atoms with van der Waals surface area (Å²) >= 11 is 4.24. The Kier molecular flexibility index (Phi) is 11.0. The lowest BCUT2D eigenvalue weighted by Gasteiger charge is -2.32. The first kappa shape index (κ1) is 21.7. The molecule has 24 heavy (non-hydrogen) atoms. The molecule has 0 heterocycles. The fourth-order valence-corrected chi connectivity index (χ4v) is 4.55. The second-order valence-electron chi connectivity index (χ2n) is 7.32. The monoisotopic (exact) mass is 394 g/mol. The van der Waals surface area contributed by atoms with E-state index in [1.54, 1.807) is 16.7 Å². The summed E-state index contributed by atoms with van der Waals surface area (Å²) < 4.78 is 0.185. The van der Waals surface area contributed by atoms with E-state index in [1.807, 2.05) is 0 Å². The van der Waals surface area contributed by atoms with Crippen molar-refractivity contribution in [3.05, 3.63) is 34.9 Å². The third kappa shape index (κ3) is 6.54. The Labute approximate surface area is 160 Å². The van der Waals surface area contributed by atoms with Crippen LogP contribution in [0.1, 0.15) is 109 Å². The second kappa shape index (κ2) is 12.1. The molecule has 1 heteroatoms. The van der Waals surface area contributed by atoms with Gasteiger partial charge in [0.1, 0.15) is 0 Å². The van der Waals surface area contributed by atoms with Crippen molar-refractivity contribution < 1.29 is 0 Å². The smallest absolute Gasteiger partial charge is 0.0508 e. The highest BCUT2D eigenvalue weighted by Gasteiger charge is 2.30. The SMILES string of the molecule is CCCCc1cccc(C(Br)(CCCC)CCCC)c1CCCC. The zero-order valence-electron chi connectivity index (χ0n) is 16.6. The van der Waals surface area contributed by atoms with Crippen LogP contribution in [0.2, 0.25) is 0 Å². The molecule has 0 aromatic heterocycles. The van der Waals surface area contributed by atoms with E-state index in [4.69, 9.17) is 0 Å². The topological polar surface area (TPSA) is 0 Å². The van der Waals surface area contributed by atoms with Gasteiger partial charge in [0, 0.05) is 0 Å². The largest absolute Gasteiger partial charge is 0.0801 e. The van der Waals surface area contributed by atoms with Gasteiger partial charge in [-0.3, -0.25) is 0 Å². The molecule has 0 saturated carbocycles. The highest BCUT2D eigenvalue weighted by atomic mass is 79.9. The van der Waals surface area contributed by atoms with Gasteiger partial charge in [-0.1, -0.05) is 100 Å². The van der Waals surface area contributed by atoms with Gasteiger partial charge in [0.05, 0.1) is 4.32 Å². The minimum absolute atomic E-state index is 0.185. The summed E-state index contributed by atoms with van der Waals surface area (Å²) in [5, 5.41) is 0. The van der Waals surface area contributed by atoms with Crippen molar-refractivity contribution in [1.29, 1.82) is 0 Å². The van der Waals surface area contributed by atoms with Crippen molar-refractivity contribution in [1.82, 2.24) is 0 Å². The number of unbranched alkanes of at least 4 members (excludes halogenated alkanes) is 4. The molecule has 0 saturated heterocycles. The molecule has 0 aliphatic carbocycles. The summed E-state index contributed by atoms with van der Waals surface area (Å²) in [6.07, 6.45) is 15.4. The van der Waals surface area contributed by atoms with E-state index in [2.05, 4.69) is 61.8 Å². The van der Waals surface area contributed by atoms with Gasteiger partial charge in [0.15, 0.2) is 0 Å². The lowest BCUT2D eigenvalue weighted by molar-refractivity contribution is 0.486. The predicted octanol–water partition coefficient (Wildman–Crippen LogP) is 8.34. The Morgan fingerprint density at radius 1 is 0.750 bits per heavy atom. The fourth-order valence-electron chi connectivity index (χ4n) is 3.61. The van der Waals surface area contributed by atoms with Crippen LogP contribution in [0.5, 0.6) is 0 Å². The molecular formula is C23H39Br. The average molecular weight is 395 g/mol. The molecule has 1 aromatic carbocycles. The van der Waals surface area contributed by atoms with Crippen molar-refractivity contribution >= 4 is 15.9 Å². The number of alkyl halides is 1. The Bertz CT molecular complexity index is 441. The van der Waals surface area contributed by atoms with E-state index in [1.165, 1.54) is 77.0 Å². The average Bonchev–Trinajstić information content (AvgIpc) is 2.61. The van der Waals surface area contributed by atoms with E-state index in [-0.39, 0.29) is 4.32 Å². The van der Waals surface area contributed by atoms with Gasteiger partial charge in [0.2, 0.25) is 0 Å². The number of benzene rings is 1. The minimum atomic E-state index is 0.185. The summed E-state index contributed by atoms with van der Waals surface area (Å²) in [6, 6.07) is 7.11. The van der Waals surface area contributed by atoms with Crippen molar-refractivity contribution in [2.75, 3.05) is 0 Å². The molecule has 0 aliphatic heterocycles. The van der Waals surface area contributed by atoms with Gasteiger partial charge in [-0.15, -0.1) is 0 Å². The zero-order valence-corrected chi connectivity index (χ0v) is 18.2. The van der Waals surface area contributed by atoms with Crippen LogP contribution in [-0.4, -0.2) is 0 Å². The van der Waals surface area contributed by atoms with Crippen molar-refractivity contribution in [2.24, 2.45) is 0 Å². The molecule has 0 spiro atoms.